The molecule has 2 unspecified atom stereocenters. The van der Waals surface area contributed by atoms with Crippen molar-refractivity contribution in [2.45, 2.75) is 30.7 Å². The van der Waals surface area contributed by atoms with Gasteiger partial charge in [0.15, 0.2) is 0 Å². The summed E-state index contributed by atoms with van der Waals surface area (Å²) in [4.78, 5) is -0.0619. The van der Waals surface area contributed by atoms with Crippen molar-refractivity contribution >= 4 is 34.0 Å². The number of hydrogen-bond acceptors (Lipinski definition) is 3. The summed E-state index contributed by atoms with van der Waals surface area (Å²) in [5, 5.41) is -0.0982. The molecular weight excluding hydrogens is 338 g/mol. The number of nitrogens with two attached hydrogens (primary N) is 1. The van der Waals surface area contributed by atoms with Crippen molar-refractivity contribution in [3.8, 4) is 0 Å². The van der Waals surface area contributed by atoms with Crippen molar-refractivity contribution in [2.24, 2.45) is 11.7 Å². The fraction of sp³-hybridized carbons (Fsp3) is 0.538. The van der Waals surface area contributed by atoms with Gasteiger partial charge in [-0.15, -0.1) is 12.4 Å². The fourth-order valence-electron chi connectivity index (χ4n) is 2.67. The van der Waals surface area contributed by atoms with Crippen molar-refractivity contribution in [1.82, 2.24) is 4.31 Å². The topological polar surface area (TPSA) is 63.4 Å². The molecule has 1 aromatic carbocycles. The molecule has 0 saturated carbocycles. The minimum atomic E-state index is -3.75. The Kier molecular flexibility index (Phi) is 6.43. The molecule has 8 heteroatoms. The van der Waals surface area contributed by atoms with Crippen LogP contribution in [0, 0.1) is 11.7 Å². The number of piperidine rings is 1. The van der Waals surface area contributed by atoms with Crippen molar-refractivity contribution in [3.63, 3.8) is 0 Å². The molecule has 2 rings (SSSR count). The molecule has 1 aromatic rings. The summed E-state index contributed by atoms with van der Waals surface area (Å²) in [6.07, 6.45) is 1.74. The maximum Gasteiger partial charge on any atom is 0.244 e. The number of hydrogen-bond donors (Lipinski definition) is 1. The highest BCUT2D eigenvalue weighted by Crippen LogP contribution is 2.31. The van der Waals surface area contributed by atoms with Crippen LogP contribution in [0.25, 0.3) is 0 Å². The van der Waals surface area contributed by atoms with E-state index in [1.807, 2.05) is 6.92 Å². The Morgan fingerprint density at radius 1 is 1.48 bits per heavy atom. The highest BCUT2D eigenvalue weighted by atomic mass is 35.5. The van der Waals surface area contributed by atoms with Crippen LogP contribution in [-0.4, -0.2) is 31.9 Å². The minimum absolute atomic E-state index is 0. The largest absolute Gasteiger partial charge is 0.329 e. The van der Waals surface area contributed by atoms with Gasteiger partial charge < -0.3 is 5.73 Å². The SMILES string of the molecule is CC1CCCN(S(=O)(=O)c2ccc(F)cc2Cl)C1CN.Cl. The molecule has 21 heavy (non-hydrogen) atoms. The van der Waals surface area contributed by atoms with Gasteiger partial charge in [-0.3, -0.25) is 0 Å². The van der Waals surface area contributed by atoms with Gasteiger partial charge >= 0.3 is 0 Å². The summed E-state index contributed by atoms with van der Waals surface area (Å²) in [5.74, 6) is -0.362. The van der Waals surface area contributed by atoms with Crippen LogP contribution in [0.15, 0.2) is 23.1 Å². The first-order valence-corrected chi connectivity index (χ1v) is 8.36. The normalized spacial score (nSPS) is 23.6. The molecule has 0 radical (unpaired) electrons. The van der Waals surface area contributed by atoms with E-state index < -0.39 is 15.8 Å². The zero-order valence-corrected chi connectivity index (χ0v) is 14.0. The molecule has 1 heterocycles. The van der Waals surface area contributed by atoms with Gasteiger partial charge in [-0.2, -0.15) is 4.31 Å². The molecule has 120 valence electrons. The van der Waals surface area contributed by atoms with Gasteiger partial charge in [0.05, 0.1) is 5.02 Å². The number of benzene rings is 1. The van der Waals surface area contributed by atoms with E-state index in [1.165, 1.54) is 10.4 Å². The van der Waals surface area contributed by atoms with Gasteiger partial charge in [0.1, 0.15) is 10.7 Å². The molecule has 2 N–H and O–H groups in total. The third-order valence-electron chi connectivity index (χ3n) is 3.79. The molecule has 0 spiro atoms. The van der Waals surface area contributed by atoms with Crippen molar-refractivity contribution in [3.05, 3.63) is 29.0 Å². The quantitative estimate of drug-likeness (QED) is 0.905. The maximum atomic E-state index is 13.1. The lowest BCUT2D eigenvalue weighted by molar-refractivity contribution is 0.192. The number of rotatable bonds is 3. The third kappa shape index (κ3) is 3.68. The summed E-state index contributed by atoms with van der Waals surface area (Å²) in [7, 11) is -3.75. The van der Waals surface area contributed by atoms with E-state index in [0.29, 0.717) is 6.54 Å². The van der Waals surface area contributed by atoms with E-state index in [0.717, 1.165) is 25.0 Å². The highest BCUT2D eigenvalue weighted by molar-refractivity contribution is 7.89. The second kappa shape index (κ2) is 7.24. The third-order valence-corrected chi connectivity index (χ3v) is 6.19. The van der Waals surface area contributed by atoms with Crippen LogP contribution in [0.5, 0.6) is 0 Å². The van der Waals surface area contributed by atoms with Crippen LogP contribution in [-0.2, 0) is 10.0 Å². The fourth-order valence-corrected chi connectivity index (χ4v) is 4.95. The van der Waals surface area contributed by atoms with Crippen molar-refractivity contribution in [2.75, 3.05) is 13.1 Å². The van der Waals surface area contributed by atoms with Gasteiger partial charge in [0, 0.05) is 19.1 Å². The molecule has 1 fully saturated rings. The zero-order chi connectivity index (χ0) is 14.9. The first kappa shape index (κ1) is 18.6. The smallest absolute Gasteiger partial charge is 0.244 e. The van der Waals surface area contributed by atoms with E-state index in [1.54, 1.807) is 0 Å². The van der Waals surface area contributed by atoms with E-state index in [2.05, 4.69) is 0 Å². The van der Waals surface area contributed by atoms with E-state index in [9.17, 15) is 12.8 Å². The summed E-state index contributed by atoms with van der Waals surface area (Å²) in [6.45, 7) is 2.67. The molecular formula is C13H19Cl2FN2O2S. The maximum absolute atomic E-state index is 13.1. The lowest BCUT2D eigenvalue weighted by Crippen LogP contribution is -2.51. The van der Waals surface area contributed by atoms with E-state index in [4.69, 9.17) is 17.3 Å². The molecule has 2 atom stereocenters. The molecule has 0 aromatic heterocycles. The van der Waals surface area contributed by atoms with E-state index >= 15 is 0 Å². The van der Waals surface area contributed by atoms with Crippen LogP contribution in [0.1, 0.15) is 19.8 Å². The van der Waals surface area contributed by atoms with Gasteiger partial charge in [-0.05, 0) is 37.0 Å². The monoisotopic (exact) mass is 356 g/mol. The van der Waals surface area contributed by atoms with Gasteiger partial charge in [-0.1, -0.05) is 18.5 Å². The summed E-state index contributed by atoms with van der Waals surface area (Å²) >= 11 is 5.88. The van der Waals surface area contributed by atoms with Gasteiger partial charge in [0.25, 0.3) is 0 Å². The highest BCUT2D eigenvalue weighted by Gasteiger charge is 2.37. The predicted molar refractivity (Wildman–Crippen MR) is 83.8 cm³/mol. The molecule has 0 amide bonds. The first-order valence-electron chi connectivity index (χ1n) is 6.55. The lowest BCUT2D eigenvalue weighted by atomic mass is 9.93. The molecule has 1 aliphatic rings. The average molecular weight is 357 g/mol. The van der Waals surface area contributed by atoms with Gasteiger partial charge in [0.2, 0.25) is 10.0 Å². The number of nitrogens with zero attached hydrogens (tertiary/aromatic N) is 1. The van der Waals surface area contributed by atoms with Crippen LogP contribution in [0.2, 0.25) is 5.02 Å². The summed E-state index contributed by atoms with van der Waals surface area (Å²) in [6, 6.07) is 3.08. The second-order valence-electron chi connectivity index (χ2n) is 5.11. The Bertz CT molecular complexity index is 598. The molecule has 1 saturated heterocycles. The Morgan fingerprint density at radius 3 is 2.71 bits per heavy atom. The van der Waals surface area contributed by atoms with Crippen LogP contribution in [0.3, 0.4) is 0 Å². The molecule has 0 bridgehead atoms. The Balaban J connectivity index is 0.00000220. The Hall–Kier alpha value is -0.400. The first-order chi connectivity index (χ1) is 9.37. The van der Waals surface area contributed by atoms with Crippen LogP contribution in [0.4, 0.5) is 4.39 Å². The van der Waals surface area contributed by atoms with Crippen LogP contribution >= 0.6 is 24.0 Å². The standard InChI is InChI=1S/C13H18ClFN2O2S.ClH/c1-9-3-2-6-17(12(9)8-16)20(18,19)13-5-4-10(15)7-11(13)14;/h4-5,7,9,12H,2-3,6,8,16H2,1H3;1H. The summed E-state index contributed by atoms with van der Waals surface area (Å²) in [5.41, 5.74) is 5.72. The Labute approximate surface area is 135 Å². The predicted octanol–water partition coefficient (Wildman–Crippen LogP) is 2.65. The van der Waals surface area contributed by atoms with Crippen LogP contribution < -0.4 is 5.73 Å². The zero-order valence-electron chi connectivity index (χ0n) is 11.6. The van der Waals surface area contributed by atoms with Crippen molar-refractivity contribution < 1.29 is 12.8 Å². The number of halogens is 3. The lowest BCUT2D eigenvalue weighted by Gasteiger charge is -2.38. The summed E-state index contributed by atoms with van der Waals surface area (Å²) < 4.78 is 39.9. The second-order valence-corrected chi connectivity index (χ2v) is 7.38. The molecule has 0 aliphatic carbocycles. The molecule has 1 aliphatic heterocycles. The Morgan fingerprint density at radius 2 is 2.14 bits per heavy atom. The minimum Gasteiger partial charge on any atom is -0.329 e. The average Bonchev–Trinajstić information content (AvgIpc) is 2.37. The van der Waals surface area contributed by atoms with Crippen molar-refractivity contribution in [1.29, 1.82) is 0 Å². The van der Waals surface area contributed by atoms with Gasteiger partial charge in [-0.25, -0.2) is 12.8 Å². The molecule has 4 nitrogen and oxygen atoms in total. The number of sulfonamides is 1. The van der Waals surface area contributed by atoms with E-state index in [-0.39, 0.29) is 40.8 Å².